The third kappa shape index (κ3) is 2.41. The molecule has 0 amide bonds. The summed E-state index contributed by atoms with van der Waals surface area (Å²) in [4.78, 5) is 16.4. The van der Waals surface area contributed by atoms with E-state index in [4.69, 9.17) is 9.47 Å². The predicted octanol–water partition coefficient (Wildman–Crippen LogP) is 2.63. The molecule has 0 radical (unpaired) electrons. The Labute approximate surface area is 140 Å². The van der Waals surface area contributed by atoms with Crippen LogP contribution in [0.15, 0.2) is 36.9 Å². The van der Waals surface area contributed by atoms with Crippen LogP contribution >= 0.6 is 0 Å². The van der Waals surface area contributed by atoms with Crippen LogP contribution in [0.5, 0.6) is 0 Å². The minimum absolute atomic E-state index is 0.0784. The Bertz CT molecular complexity index is 724. The van der Waals surface area contributed by atoms with Gasteiger partial charge in [-0.05, 0) is 37.1 Å². The van der Waals surface area contributed by atoms with E-state index in [2.05, 4.69) is 23.9 Å². The van der Waals surface area contributed by atoms with E-state index in [1.54, 1.807) is 23.1 Å². The summed E-state index contributed by atoms with van der Waals surface area (Å²) in [5.74, 6) is 0.0503. The number of hydrogen-bond donors (Lipinski definition) is 0. The van der Waals surface area contributed by atoms with E-state index in [9.17, 15) is 4.79 Å². The fourth-order valence-corrected chi connectivity index (χ4v) is 3.99. The maximum Gasteiger partial charge on any atom is 0.338 e. The number of ether oxygens (including phenoxy) is 2. The Balaban J connectivity index is 1.46. The molecule has 4 rings (SSSR count). The number of aromatic nitrogens is 3. The molecule has 2 aliphatic rings. The van der Waals surface area contributed by atoms with Crippen LogP contribution in [0.4, 0.5) is 0 Å². The molecule has 6 nitrogen and oxygen atoms in total. The molecule has 0 bridgehead atoms. The average Bonchev–Trinajstić information content (AvgIpc) is 3.14. The van der Waals surface area contributed by atoms with Crippen LogP contribution in [-0.2, 0) is 9.47 Å². The highest BCUT2D eigenvalue weighted by atomic mass is 16.6. The number of carbonyl (C=O) groups excluding carboxylic acids is 1. The van der Waals surface area contributed by atoms with E-state index in [1.165, 1.54) is 6.33 Å². The first-order valence-electron chi connectivity index (χ1n) is 8.35. The molecule has 0 unspecified atom stereocenters. The standard InChI is InChI=1S/C18H21N3O3/c1-18(2)15-14(4-3-9-23-15)16(18)24-17(22)12-5-7-13(8-6-12)21-11-19-10-20-21/h5-8,10-11,14-16H,3-4,9H2,1-2H3/t14-,15+,16+/m0/s1. The average molecular weight is 327 g/mol. The van der Waals surface area contributed by atoms with Crippen LogP contribution in [0.1, 0.15) is 37.0 Å². The fourth-order valence-electron chi connectivity index (χ4n) is 3.99. The van der Waals surface area contributed by atoms with E-state index in [1.807, 2.05) is 12.1 Å². The number of benzene rings is 1. The molecule has 1 aromatic heterocycles. The van der Waals surface area contributed by atoms with E-state index in [0.717, 1.165) is 25.1 Å². The molecule has 1 aliphatic heterocycles. The Kier molecular flexibility index (Phi) is 3.64. The Morgan fingerprint density at radius 2 is 2.12 bits per heavy atom. The van der Waals surface area contributed by atoms with Crippen molar-refractivity contribution in [2.24, 2.45) is 11.3 Å². The molecular weight excluding hydrogens is 306 g/mol. The first kappa shape index (κ1) is 15.3. The van der Waals surface area contributed by atoms with Crippen molar-refractivity contribution < 1.29 is 14.3 Å². The van der Waals surface area contributed by atoms with Crippen LogP contribution in [0, 0.1) is 11.3 Å². The maximum absolute atomic E-state index is 12.5. The zero-order valence-corrected chi connectivity index (χ0v) is 13.9. The van der Waals surface area contributed by atoms with Gasteiger partial charge in [0.1, 0.15) is 18.8 Å². The molecule has 0 spiro atoms. The summed E-state index contributed by atoms with van der Waals surface area (Å²) >= 11 is 0. The largest absolute Gasteiger partial charge is 0.458 e. The van der Waals surface area contributed by atoms with Gasteiger partial charge in [-0.2, -0.15) is 5.10 Å². The van der Waals surface area contributed by atoms with Crippen LogP contribution in [0.2, 0.25) is 0 Å². The summed E-state index contributed by atoms with van der Waals surface area (Å²) in [6, 6.07) is 7.20. The number of fused-ring (bicyclic) bond motifs is 1. The van der Waals surface area contributed by atoms with Crippen molar-refractivity contribution in [3.63, 3.8) is 0 Å². The van der Waals surface area contributed by atoms with Crippen LogP contribution in [0.25, 0.3) is 5.69 Å². The quantitative estimate of drug-likeness (QED) is 0.811. The van der Waals surface area contributed by atoms with Gasteiger partial charge in [0, 0.05) is 17.9 Å². The number of carbonyl (C=O) groups is 1. The van der Waals surface area contributed by atoms with Crippen molar-refractivity contribution in [2.45, 2.75) is 38.9 Å². The van der Waals surface area contributed by atoms with Gasteiger partial charge >= 0.3 is 5.97 Å². The summed E-state index contributed by atoms with van der Waals surface area (Å²) < 4.78 is 13.3. The number of hydrogen-bond acceptors (Lipinski definition) is 5. The van der Waals surface area contributed by atoms with Gasteiger partial charge in [0.25, 0.3) is 0 Å². The van der Waals surface area contributed by atoms with Crippen molar-refractivity contribution in [1.82, 2.24) is 14.8 Å². The molecular formula is C18H21N3O3. The third-order valence-electron chi connectivity index (χ3n) is 5.24. The van der Waals surface area contributed by atoms with Crippen molar-refractivity contribution in [2.75, 3.05) is 6.61 Å². The van der Waals surface area contributed by atoms with Gasteiger partial charge in [0.2, 0.25) is 0 Å². The van der Waals surface area contributed by atoms with E-state index in [0.29, 0.717) is 11.5 Å². The number of esters is 1. The lowest BCUT2D eigenvalue weighted by molar-refractivity contribution is -0.243. The first-order chi connectivity index (χ1) is 11.6. The first-order valence-corrected chi connectivity index (χ1v) is 8.35. The second-order valence-corrected chi connectivity index (χ2v) is 7.13. The van der Waals surface area contributed by atoms with Crippen LogP contribution in [-0.4, -0.2) is 39.5 Å². The molecule has 1 saturated carbocycles. The van der Waals surface area contributed by atoms with Gasteiger partial charge in [0.05, 0.1) is 17.4 Å². The van der Waals surface area contributed by atoms with Gasteiger partial charge in [0.15, 0.2) is 0 Å². The molecule has 1 saturated heterocycles. The summed E-state index contributed by atoms with van der Waals surface area (Å²) in [5, 5.41) is 4.07. The van der Waals surface area contributed by atoms with E-state index >= 15 is 0 Å². The lowest BCUT2D eigenvalue weighted by Crippen LogP contribution is -2.65. The van der Waals surface area contributed by atoms with E-state index < -0.39 is 0 Å². The molecule has 126 valence electrons. The topological polar surface area (TPSA) is 66.2 Å². The predicted molar refractivity (Wildman–Crippen MR) is 86.8 cm³/mol. The lowest BCUT2D eigenvalue weighted by Gasteiger charge is -2.58. The summed E-state index contributed by atoms with van der Waals surface area (Å²) in [5.41, 5.74) is 1.28. The van der Waals surface area contributed by atoms with Crippen LogP contribution < -0.4 is 0 Å². The highest BCUT2D eigenvalue weighted by Gasteiger charge is 2.60. The van der Waals surface area contributed by atoms with Gasteiger partial charge in [-0.3, -0.25) is 0 Å². The second kappa shape index (κ2) is 5.70. The van der Waals surface area contributed by atoms with Crippen molar-refractivity contribution >= 4 is 5.97 Å². The van der Waals surface area contributed by atoms with Gasteiger partial charge < -0.3 is 9.47 Å². The van der Waals surface area contributed by atoms with Crippen molar-refractivity contribution in [3.05, 3.63) is 42.5 Å². The van der Waals surface area contributed by atoms with Crippen LogP contribution in [0.3, 0.4) is 0 Å². The summed E-state index contributed by atoms with van der Waals surface area (Å²) in [6.45, 7) is 5.05. The molecule has 2 aromatic rings. The highest BCUT2D eigenvalue weighted by molar-refractivity contribution is 5.89. The monoisotopic (exact) mass is 327 g/mol. The molecule has 3 atom stereocenters. The van der Waals surface area contributed by atoms with Crippen molar-refractivity contribution in [3.8, 4) is 5.69 Å². The van der Waals surface area contributed by atoms with Gasteiger partial charge in [-0.15, -0.1) is 0 Å². The zero-order chi connectivity index (χ0) is 16.7. The van der Waals surface area contributed by atoms with Crippen molar-refractivity contribution in [1.29, 1.82) is 0 Å². The summed E-state index contributed by atoms with van der Waals surface area (Å²) in [6.07, 6.45) is 5.33. The Hall–Kier alpha value is -2.21. The van der Waals surface area contributed by atoms with Gasteiger partial charge in [-0.1, -0.05) is 13.8 Å². The number of nitrogens with zero attached hydrogens (tertiary/aromatic N) is 3. The molecule has 2 fully saturated rings. The second-order valence-electron chi connectivity index (χ2n) is 7.13. The lowest BCUT2D eigenvalue weighted by atomic mass is 9.57. The summed E-state index contributed by atoms with van der Waals surface area (Å²) in [7, 11) is 0. The molecule has 0 N–H and O–H groups in total. The van der Waals surface area contributed by atoms with E-state index in [-0.39, 0.29) is 23.6 Å². The zero-order valence-electron chi connectivity index (χ0n) is 13.9. The molecule has 2 heterocycles. The normalized spacial score (nSPS) is 27.8. The molecule has 1 aromatic carbocycles. The molecule has 24 heavy (non-hydrogen) atoms. The molecule has 6 heteroatoms. The Morgan fingerprint density at radius 3 is 2.83 bits per heavy atom. The highest BCUT2D eigenvalue weighted by Crippen LogP contribution is 2.53. The number of rotatable bonds is 3. The third-order valence-corrected chi connectivity index (χ3v) is 5.24. The maximum atomic E-state index is 12.5. The minimum Gasteiger partial charge on any atom is -0.458 e. The minimum atomic E-state index is -0.276. The smallest absolute Gasteiger partial charge is 0.338 e. The van der Waals surface area contributed by atoms with Gasteiger partial charge in [-0.25, -0.2) is 14.5 Å². The SMILES string of the molecule is CC1(C)[C@@H]2OCCC[C@@H]2[C@H]1OC(=O)c1ccc(-n2cncn2)cc1. The molecule has 1 aliphatic carbocycles. The Morgan fingerprint density at radius 1 is 1.33 bits per heavy atom. The fraction of sp³-hybridized carbons (Fsp3) is 0.500.